The number of piperidine rings is 1. The molecule has 2 aliphatic heterocycles. The quantitative estimate of drug-likeness (QED) is 0.726. The molecule has 1 fully saturated rings. The SMILES string of the molecule is CC(C)(C)c1ccc(C(=O)NC2CCN(CC(=O)Nc3ccc4c(c3)OCCO4)CC2)cc1. The first-order valence-electron chi connectivity index (χ1n) is 11.6. The molecule has 176 valence electrons. The number of nitrogens with zero attached hydrogens (tertiary/aromatic N) is 1. The van der Waals surface area contributed by atoms with Crippen molar-refractivity contribution in [2.45, 2.75) is 45.1 Å². The number of hydrogen-bond acceptors (Lipinski definition) is 5. The first kappa shape index (κ1) is 23.1. The number of nitrogens with one attached hydrogen (secondary N) is 2. The lowest BCUT2D eigenvalue weighted by molar-refractivity contribution is -0.117. The lowest BCUT2D eigenvalue weighted by atomic mass is 9.86. The molecule has 7 nitrogen and oxygen atoms in total. The first-order valence-corrected chi connectivity index (χ1v) is 11.6. The summed E-state index contributed by atoms with van der Waals surface area (Å²) in [5.74, 6) is 1.26. The average molecular weight is 452 g/mol. The first-order chi connectivity index (χ1) is 15.8. The van der Waals surface area contributed by atoms with Gasteiger partial charge in [-0.15, -0.1) is 0 Å². The Labute approximate surface area is 195 Å². The maximum Gasteiger partial charge on any atom is 0.251 e. The van der Waals surface area contributed by atoms with Crippen molar-refractivity contribution in [3.05, 3.63) is 53.6 Å². The zero-order chi connectivity index (χ0) is 23.4. The number of carbonyl (C=O) groups is 2. The number of hydrogen-bond donors (Lipinski definition) is 2. The summed E-state index contributed by atoms with van der Waals surface area (Å²) in [4.78, 5) is 27.2. The van der Waals surface area contributed by atoms with Gasteiger partial charge in [0, 0.05) is 36.4 Å². The Morgan fingerprint density at radius 2 is 1.64 bits per heavy atom. The Morgan fingerprint density at radius 3 is 2.30 bits per heavy atom. The molecule has 1 saturated heterocycles. The van der Waals surface area contributed by atoms with Gasteiger partial charge in [-0.2, -0.15) is 0 Å². The molecule has 2 aromatic carbocycles. The number of amides is 2. The van der Waals surface area contributed by atoms with Crippen LogP contribution in [0.15, 0.2) is 42.5 Å². The predicted molar refractivity (Wildman–Crippen MR) is 128 cm³/mol. The molecule has 0 unspecified atom stereocenters. The Bertz CT molecular complexity index is 990. The van der Waals surface area contributed by atoms with Gasteiger partial charge >= 0.3 is 0 Å². The molecule has 0 saturated carbocycles. The van der Waals surface area contributed by atoms with Crippen LogP contribution in [-0.2, 0) is 10.2 Å². The molecule has 0 aromatic heterocycles. The summed E-state index contributed by atoms with van der Waals surface area (Å²) in [7, 11) is 0. The fourth-order valence-electron chi connectivity index (χ4n) is 4.15. The Kier molecular flexibility index (Phi) is 6.88. The minimum absolute atomic E-state index is 0.0368. The second-order valence-electron chi connectivity index (χ2n) is 9.76. The van der Waals surface area contributed by atoms with E-state index in [1.54, 1.807) is 6.07 Å². The van der Waals surface area contributed by atoms with E-state index < -0.39 is 0 Å². The van der Waals surface area contributed by atoms with E-state index >= 15 is 0 Å². The molecule has 4 rings (SSSR count). The monoisotopic (exact) mass is 451 g/mol. The van der Waals surface area contributed by atoms with Gasteiger partial charge in [0.15, 0.2) is 11.5 Å². The molecule has 0 bridgehead atoms. The fraction of sp³-hybridized carbons (Fsp3) is 0.462. The van der Waals surface area contributed by atoms with E-state index in [-0.39, 0.29) is 23.3 Å². The minimum Gasteiger partial charge on any atom is -0.486 e. The van der Waals surface area contributed by atoms with Crippen LogP contribution in [0.4, 0.5) is 5.69 Å². The highest BCUT2D eigenvalue weighted by Crippen LogP contribution is 2.32. The highest BCUT2D eigenvalue weighted by atomic mass is 16.6. The van der Waals surface area contributed by atoms with Crippen molar-refractivity contribution in [1.29, 1.82) is 0 Å². The lowest BCUT2D eigenvalue weighted by Gasteiger charge is -2.32. The number of likely N-dealkylation sites (tertiary alicyclic amines) is 1. The third-order valence-electron chi connectivity index (χ3n) is 6.13. The molecule has 2 aliphatic rings. The molecule has 33 heavy (non-hydrogen) atoms. The van der Waals surface area contributed by atoms with Crippen molar-refractivity contribution in [3.63, 3.8) is 0 Å². The van der Waals surface area contributed by atoms with E-state index in [1.165, 1.54) is 5.56 Å². The van der Waals surface area contributed by atoms with Crippen molar-refractivity contribution in [1.82, 2.24) is 10.2 Å². The fourth-order valence-corrected chi connectivity index (χ4v) is 4.15. The molecule has 2 aromatic rings. The van der Waals surface area contributed by atoms with Crippen LogP contribution in [0.25, 0.3) is 0 Å². The number of carbonyl (C=O) groups excluding carboxylic acids is 2. The summed E-state index contributed by atoms with van der Waals surface area (Å²) in [5, 5.41) is 6.08. The van der Waals surface area contributed by atoms with Crippen LogP contribution in [0, 0.1) is 0 Å². The highest BCUT2D eigenvalue weighted by molar-refractivity contribution is 5.94. The lowest BCUT2D eigenvalue weighted by Crippen LogP contribution is -2.46. The minimum atomic E-state index is -0.0619. The average Bonchev–Trinajstić information content (AvgIpc) is 2.80. The maximum absolute atomic E-state index is 12.6. The molecule has 0 spiro atoms. The van der Waals surface area contributed by atoms with Gasteiger partial charge in [-0.1, -0.05) is 32.9 Å². The summed E-state index contributed by atoms with van der Waals surface area (Å²) in [5.41, 5.74) is 2.66. The Morgan fingerprint density at radius 1 is 0.970 bits per heavy atom. The van der Waals surface area contributed by atoms with Gasteiger partial charge in [-0.3, -0.25) is 14.5 Å². The molecule has 7 heteroatoms. The molecule has 2 amide bonds. The number of fused-ring (bicyclic) bond motifs is 1. The molecular formula is C26H33N3O4. The van der Waals surface area contributed by atoms with Gasteiger partial charge in [0.2, 0.25) is 5.91 Å². The van der Waals surface area contributed by atoms with Crippen molar-refractivity contribution in [3.8, 4) is 11.5 Å². The van der Waals surface area contributed by atoms with E-state index in [9.17, 15) is 9.59 Å². The topological polar surface area (TPSA) is 79.9 Å². The molecule has 0 atom stereocenters. The molecule has 0 aliphatic carbocycles. The van der Waals surface area contributed by atoms with Gasteiger partial charge < -0.3 is 20.1 Å². The van der Waals surface area contributed by atoms with Crippen molar-refractivity contribution in [2.24, 2.45) is 0 Å². The Balaban J connectivity index is 1.22. The van der Waals surface area contributed by atoms with E-state index in [0.29, 0.717) is 42.5 Å². The van der Waals surface area contributed by atoms with E-state index in [4.69, 9.17) is 9.47 Å². The largest absolute Gasteiger partial charge is 0.486 e. The van der Waals surface area contributed by atoms with Crippen molar-refractivity contribution >= 4 is 17.5 Å². The van der Waals surface area contributed by atoms with E-state index in [0.717, 1.165) is 25.9 Å². The zero-order valence-electron chi connectivity index (χ0n) is 19.6. The highest BCUT2D eigenvalue weighted by Gasteiger charge is 2.23. The van der Waals surface area contributed by atoms with Crippen molar-refractivity contribution < 1.29 is 19.1 Å². The van der Waals surface area contributed by atoms with Gasteiger partial charge in [-0.05, 0) is 48.1 Å². The number of ether oxygens (including phenoxy) is 2. The van der Waals surface area contributed by atoms with E-state index in [1.807, 2.05) is 36.4 Å². The van der Waals surface area contributed by atoms with Crippen LogP contribution < -0.4 is 20.1 Å². The van der Waals surface area contributed by atoms with Crippen LogP contribution in [-0.4, -0.2) is 55.6 Å². The molecular weight excluding hydrogens is 418 g/mol. The van der Waals surface area contributed by atoms with Crippen LogP contribution in [0.2, 0.25) is 0 Å². The predicted octanol–water partition coefficient (Wildman–Crippen LogP) is 3.59. The number of benzene rings is 2. The smallest absolute Gasteiger partial charge is 0.251 e. The standard InChI is InChI=1S/C26H33N3O4/c1-26(2,3)19-6-4-18(5-7-19)25(31)28-20-10-12-29(13-11-20)17-24(30)27-21-8-9-22-23(16-21)33-15-14-32-22/h4-9,16,20H,10-15,17H2,1-3H3,(H,27,30)(H,28,31). The van der Waals surface area contributed by atoms with Gasteiger partial charge in [0.05, 0.1) is 6.54 Å². The van der Waals surface area contributed by atoms with Gasteiger partial charge in [0.1, 0.15) is 13.2 Å². The van der Waals surface area contributed by atoms with Crippen LogP contribution in [0.1, 0.15) is 49.5 Å². The van der Waals surface area contributed by atoms with Gasteiger partial charge in [-0.25, -0.2) is 0 Å². The molecule has 0 radical (unpaired) electrons. The zero-order valence-corrected chi connectivity index (χ0v) is 19.6. The number of rotatable bonds is 5. The van der Waals surface area contributed by atoms with Crippen LogP contribution >= 0.6 is 0 Å². The van der Waals surface area contributed by atoms with Crippen molar-refractivity contribution in [2.75, 3.05) is 38.2 Å². The van der Waals surface area contributed by atoms with Gasteiger partial charge in [0.25, 0.3) is 5.91 Å². The molecule has 2 N–H and O–H groups in total. The normalized spacial score (nSPS) is 16.8. The van der Waals surface area contributed by atoms with Crippen LogP contribution in [0.5, 0.6) is 11.5 Å². The second kappa shape index (κ2) is 9.83. The molecule has 2 heterocycles. The number of anilines is 1. The second-order valence-corrected chi connectivity index (χ2v) is 9.76. The summed E-state index contributed by atoms with van der Waals surface area (Å²) < 4.78 is 11.1. The Hall–Kier alpha value is -3.06. The van der Waals surface area contributed by atoms with Crippen LogP contribution in [0.3, 0.4) is 0 Å². The maximum atomic E-state index is 12.6. The third-order valence-corrected chi connectivity index (χ3v) is 6.13. The van der Waals surface area contributed by atoms with E-state index in [2.05, 4.69) is 36.3 Å². The summed E-state index contributed by atoms with van der Waals surface area (Å²) >= 11 is 0. The summed E-state index contributed by atoms with van der Waals surface area (Å²) in [6, 6.07) is 13.4. The summed E-state index contributed by atoms with van der Waals surface area (Å²) in [6.07, 6.45) is 1.65. The summed E-state index contributed by atoms with van der Waals surface area (Å²) in [6.45, 7) is 9.39. The third kappa shape index (κ3) is 6.05.